The van der Waals surface area contributed by atoms with Crippen LogP contribution in [-0.2, 0) is 6.54 Å². The number of amides is 2. The number of carbonyl (C=O) groups excluding carboxylic acids is 1. The molecular weight excluding hydrogens is 276 g/mol. The van der Waals surface area contributed by atoms with Crippen LogP contribution in [0.15, 0.2) is 6.20 Å². The average Bonchev–Trinajstić information content (AvgIpc) is 2.87. The van der Waals surface area contributed by atoms with Gasteiger partial charge >= 0.3 is 12.0 Å². The monoisotopic (exact) mass is 298 g/mol. The maximum absolute atomic E-state index is 11.5. The highest BCUT2D eigenvalue weighted by atomic mass is 16.4. The van der Waals surface area contributed by atoms with Crippen molar-refractivity contribution in [2.75, 3.05) is 26.7 Å². The number of carbonyl (C=O) groups is 2. The first-order chi connectivity index (χ1) is 9.90. The molecule has 9 heteroatoms. The molecule has 9 nitrogen and oxygen atoms in total. The van der Waals surface area contributed by atoms with E-state index in [1.807, 2.05) is 7.05 Å². The number of aromatic carboxylic acids is 1. The maximum atomic E-state index is 11.5. The zero-order chi connectivity index (χ0) is 15.8. The maximum Gasteiger partial charge on any atom is 0.358 e. The van der Waals surface area contributed by atoms with Gasteiger partial charge in [0.05, 0.1) is 12.7 Å². The van der Waals surface area contributed by atoms with Crippen LogP contribution in [0.25, 0.3) is 0 Å². The van der Waals surface area contributed by atoms with Gasteiger partial charge in [-0.2, -0.15) is 0 Å². The Morgan fingerprint density at radius 1 is 1.38 bits per heavy atom. The quantitative estimate of drug-likeness (QED) is 0.603. The molecule has 0 spiro atoms. The standard InChI is InChI=1S/C12H22N6O3/c1-9(2)17(3)6-4-13-12(21)14-5-7-18-8-10(11(19)20)15-16-18/h8-9H,4-7H2,1-3H3,(H,19,20)(H2,13,14,21). The van der Waals surface area contributed by atoms with Crippen molar-refractivity contribution in [3.05, 3.63) is 11.9 Å². The Hall–Kier alpha value is -2.16. The van der Waals surface area contributed by atoms with E-state index in [2.05, 4.69) is 39.7 Å². The number of aromatic nitrogens is 3. The van der Waals surface area contributed by atoms with Crippen molar-refractivity contribution in [1.82, 2.24) is 30.5 Å². The third kappa shape index (κ3) is 6.21. The number of urea groups is 1. The Kier molecular flexibility index (Phi) is 6.60. The average molecular weight is 298 g/mol. The van der Waals surface area contributed by atoms with E-state index in [4.69, 9.17) is 5.11 Å². The zero-order valence-corrected chi connectivity index (χ0v) is 12.5. The van der Waals surface area contributed by atoms with E-state index in [1.165, 1.54) is 10.9 Å². The predicted molar refractivity (Wildman–Crippen MR) is 76.1 cm³/mol. The molecule has 118 valence electrons. The molecule has 0 saturated carbocycles. The van der Waals surface area contributed by atoms with Gasteiger partial charge in [-0.3, -0.25) is 0 Å². The lowest BCUT2D eigenvalue weighted by molar-refractivity contribution is 0.0690. The van der Waals surface area contributed by atoms with Crippen LogP contribution in [0.3, 0.4) is 0 Å². The lowest BCUT2D eigenvalue weighted by atomic mass is 10.3. The number of carboxylic acid groups (broad SMARTS) is 1. The molecule has 0 fully saturated rings. The van der Waals surface area contributed by atoms with Crippen LogP contribution in [0.4, 0.5) is 4.79 Å². The summed E-state index contributed by atoms with van der Waals surface area (Å²) in [5, 5.41) is 21.2. The lowest BCUT2D eigenvalue weighted by Gasteiger charge is -2.20. The third-order valence-electron chi connectivity index (χ3n) is 3.02. The van der Waals surface area contributed by atoms with Gasteiger partial charge in [-0.25, -0.2) is 14.3 Å². The van der Waals surface area contributed by atoms with Crippen molar-refractivity contribution in [2.24, 2.45) is 0 Å². The summed E-state index contributed by atoms with van der Waals surface area (Å²) < 4.78 is 1.37. The van der Waals surface area contributed by atoms with Crippen LogP contribution < -0.4 is 10.6 Å². The minimum Gasteiger partial charge on any atom is -0.476 e. The summed E-state index contributed by atoms with van der Waals surface area (Å²) in [7, 11) is 2.00. The number of carboxylic acids is 1. The topological polar surface area (TPSA) is 112 Å². The second kappa shape index (κ2) is 8.20. The number of hydrogen-bond acceptors (Lipinski definition) is 5. The van der Waals surface area contributed by atoms with Crippen LogP contribution in [0.2, 0.25) is 0 Å². The Balaban J connectivity index is 2.17. The number of nitrogens with one attached hydrogen (secondary N) is 2. The van der Waals surface area contributed by atoms with Gasteiger partial charge in [0, 0.05) is 25.7 Å². The molecule has 0 bridgehead atoms. The van der Waals surface area contributed by atoms with Crippen molar-refractivity contribution < 1.29 is 14.7 Å². The smallest absolute Gasteiger partial charge is 0.358 e. The van der Waals surface area contributed by atoms with Gasteiger partial charge in [0.25, 0.3) is 0 Å². The van der Waals surface area contributed by atoms with Gasteiger partial charge in [0.15, 0.2) is 5.69 Å². The minimum atomic E-state index is -1.12. The first-order valence-electron chi connectivity index (χ1n) is 6.75. The van der Waals surface area contributed by atoms with Gasteiger partial charge in [-0.05, 0) is 20.9 Å². The van der Waals surface area contributed by atoms with E-state index in [0.29, 0.717) is 25.7 Å². The SMILES string of the molecule is CC(C)N(C)CCNC(=O)NCCn1cc(C(=O)O)nn1. The second-order valence-electron chi connectivity index (χ2n) is 4.93. The Morgan fingerprint density at radius 2 is 2.05 bits per heavy atom. The van der Waals surface area contributed by atoms with Crippen LogP contribution in [0, 0.1) is 0 Å². The minimum absolute atomic E-state index is 0.115. The molecular formula is C12H22N6O3. The highest BCUT2D eigenvalue weighted by molar-refractivity contribution is 5.84. The normalized spacial score (nSPS) is 10.9. The van der Waals surface area contributed by atoms with Crippen molar-refractivity contribution in [1.29, 1.82) is 0 Å². The molecule has 1 aromatic heterocycles. The van der Waals surface area contributed by atoms with Crippen LogP contribution >= 0.6 is 0 Å². The van der Waals surface area contributed by atoms with Crippen molar-refractivity contribution in [3.8, 4) is 0 Å². The van der Waals surface area contributed by atoms with Crippen LogP contribution in [0.1, 0.15) is 24.3 Å². The number of likely N-dealkylation sites (N-methyl/N-ethyl adjacent to an activating group) is 1. The summed E-state index contributed by atoms with van der Waals surface area (Å²) in [6.45, 7) is 6.21. The van der Waals surface area contributed by atoms with Gasteiger partial charge in [-0.15, -0.1) is 5.10 Å². The van der Waals surface area contributed by atoms with Gasteiger partial charge in [0.1, 0.15) is 0 Å². The van der Waals surface area contributed by atoms with Crippen LogP contribution in [0.5, 0.6) is 0 Å². The largest absolute Gasteiger partial charge is 0.476 e. The summed E-state index contributed by atoms with van der Waals surface area (Å²) in [6, 6.07) is 0.177. The molecule has 0 aliphatic carbocycles. The molecule has 0 saturated heterocycles. The number of nitrogens with zero attached hydrogens (tertiary/aromatic N) is 4. The number of hydrogen-bond donors (Lipinski definition) is 3. The molecule has 1 heterocycles. The zero-order valence-electron chi connectivity index (χ0n) is 12.5. The summed E-state index contributed by atoms with van der Waals surface area (Å²) >= 11 is 0. The van der Waals surface area contributed by atoms with Crippen molar-refractivity contribution in [2.45, 2.75) is 26.4 Å². The molecule has 0 atom stereocenters. The highest BCUT2D eigenvalue weighted by Crippen LogP contribution is 1.92. The first-order valence-corrected chi connectivity index (χ1v) is 6.75. The molecule has 0 unspecified atom stereocenters. The summed E-state index contributed by atoms with van der Waals surface area (Å²) in [5.74, 6) is -1.12. The van der Waals surface area contributed by atoms with Gasteiger partial charge in [-0.1, -0.05) is 5.21 Å². The van der Waals surface area contributed by atoms with E-state index in [-0.39, 0.29) is 11.7 Å². The second-order valence-corrected chi connectivity index (χ2v) is 4.93. The first kappa shape index (κ1) is 16.9. The van der Waals surface area contributed by atoms with E-state index < -0.39 is 5.97 Å². The molecule has 0 aliphatic heterocycles. The summed E-state index contributed by atoms with van der Waals surface area (Å²) in [6.07, 6.45) is 1.32. The van der Waals surface area contributed by atoms with E-state index >= 15 is 0 Å². The summed E-state index contributed by atoms with van der Waals surface area (Å²) in [4.78, 5) is 24.3. The van der Waals surface area contributed by atoms with Gasteiger partial charge in [0.2, 0.25) is 0 Å². The molecule has 3 N–H and O–H groups in total. The summed E-state index contributed by atoms with van der Waals surface area (Å²) in [5.41, 5.74) is -0.115. The highest BCUT2D eigenvalue weighted by Gasteiger charge is 2.08. The van der Waals surface area contributed by atoms with Crippen molar-refractivity contribution in [3.63, 3.8) is 0 Å². The Labute approximate surface area is 123 Å². The molecule has 21 heavy (non-hydrogen) atoms. The van der Waals surface area contributed by atoms with E-state index in [0.717, 1.165) is 6.54 Å². The predicted octanol–water partition coefficient (Wildman–Crippen LogP) is -0.384. The Bertz CT molecular complexity index is 473. The third-order valence-corrected chi connectivity index (χ3v) is 3.02. The molecule has 0 aromatic carbocycles. The van der Waals surface area contributed by atoms with E-state index in [1.54, 1.807) is 0 Å². The van der Waals surface area contributed by atoms with E-state index in [9.17, 15) is 9.59 Å². The fourth-order valence-electron chi connectivity index (χ4n) is 1.46. The molecule has 0 radical (unpaired) electrons. The molecule has 0 aliphatic rings. The molecule has 2 amide bonds. The lowest BCUT2D eigenvalue weighted by Crippen LogP contribution is -2.41. The Morgan fingerprint density at radius 3 is 2.62 bits per heavy atom. The van der Waals surface area contributed by atoms with Crippen molar-refractivity contribution >= 4 is 12.0 Å². The fourth-order valence-corrected chi connectivity index (χ4v) is 1.46. The van der Waals surface area contributed by atoms with Crippen LogP contribution in [-0.4, -0.2) is 69.7 Å². The molecule has 1 rings (SSSR count). The fraction of sp³-hybridized carbons (Fsp3) is 0.667. The molecule has 1 aromatic rings. The van der Waals surface area contributed by atoms with Gasteiger partial charge < -0.3 is 20.6 Å². The number of rotatable bonds is 8.